The van der Waals surface area contributed by atoms with Crippen LogP contribution < -0.4 is 4.90 Å². The van der Waals surface area contributed by atoms with E-state index in [9.17, 15) is 27.7 Å². The summed E-state index contributed by atoms with van der Waals surface area (Å²) >= 11 is 0. The van der Waals surface area contributed by atoms with Crippen LogP contribution in [0.15, 0.2) is 18.2 Å². The molecule has 1 N–H and O–H groups in total. The van der Waals surface area contributed by atoms with Crippen molar-refractivity contribution in [1.82, 2.24) is 0 Å². The zero-order valence-electron chi connectivity index (χ0n) is 9.52. The maximum Gasteiger partial charge on any atom is 0.405 e. The molecule has 0 aromatic heterocycles. The molecule has 0 heterocycles. The minimum atomic E-state index is -4.63. The highest BCUT2D eigenvalue weighted by molar-refractivity contribution is 5.63. The molecule has 0 aliphatic carbocycles. The van der Waals surface area contributed by atoms with E-state index in [1.165, 1.54) is 0 Å². The highest BCUT2D eigenvalue weighted by Gasteiger charge is 2.34. The summed E-state index contributed by atoms with van der Waals surface area (Å²) < 4.78 is 50.4. The van der Waals surface area contributed by atoms with E-state index in [1.807, 2.05) is 0 Å². The number of rotatable bonds is 5. The van der Waals surface area contributed by atoms with Crippen LogP contribution in [0.1, 0.15) is 0 Å². The second kappa shape index (κ2) is 5.83. The molecule has 5 nitrogen and oxygen atoms in total. The van der Waals surface area contributed by atoms with Gasteiger partial charge in [0.1, 0.15) is 12.2 Å². The van der Waals surface area contributed by atoms with Gasteiger partial charge in [-0.1, -0.05) is 6.07 Å². The number of aliphatic hydroxyl groups excluding tert-OH is 1. The first-order chi connectivity index (χ1) is 8.76. The van der Waals surface area contributed by atoms with Crippen LogP contribution in [0, 0.1) is 15.9 Å². The van der Waals surface area contributed by atoms with E-state index in [1.54, 1.807) is 0 Å². The number of hydrogen-bond donors (Lipinski definition) is 1. The number of hydrogen-bond acceptors (Lipinski definition) is 4. The summed E-state index contributed by atoms with van der Waals surface area (Å²) in [7, 11) is 0. The summed E-state index contributed by atoms with van der Waals surface area (Å²) in [5.74, 6) is -1.23. The molecule has 0 saturated heterocycles. The second-order valence-electron chi connectivity index (χ2n) is 3.63. The van der Waals surface area contributed by atoms with Crippen molar-refractivity contribution in [3.63, 3.8) is 0 Å². The molecule has 0 atom stereocenters. The molecule has 19 heavy (non-hydrogen) atoms. The Labute approximate surface area is 105 Å². The monoisotopic (exact) mass is 282 g/mol. The van der Waals surface area contributed by atoms with E-state index in [2.05, 4.69) is 0 Å². The molecule has 106 valence electrons. The number of benzene rings is 1. The Morgan fingerprint density at radius 2 is 2.00 bits per heavy atom. The van der Waals surface area contributed by atoms with E-state index in [0.29, 0.717) is 4.90 Å². The molecule has 0 aliphatic rings. The second-order valence-corrected chi connectivity index (χ2v) is 3.63. The average Bonchev–Trinajstić information content (AvgIpc) is 2.25. The van der Waals surface area contributed by atoms with E-state index >= 15 is 0 Å². The van der Waals surface area contributed by atoms with Crippen molar-refractivity contribution in [2.24, 2.45) is 0 Å². The summed E-state index contributed by atoms with van der Waals surface area (Å²) in [6.45, 7) is -2.66. The van der Waals surface area contributed by atoms with Gasteiger partial charge >= 0.3 is 11.9 Å². The number of nitrogens with zero attached hydrogens (tertiary/aromatic N) is 2. The zero-order chi connectivity index (χ0) is 14.6. The van der Waals surface area contributed by atoms with Crippen LogP contribution in [-0.4, -0.2) is 35.9 Å². The third-order valence-corrected chi connectivity index (χ3v) is 2.23. The molecular formula is C10H10F4N2O3. The van der Waals surface area contributed by atoms with Gasteiger partial charge in [0.25, 0.3) is 0 Å². The van der Waals surface area contributed by atoms with Gasteiger partial charge in [-0.05, 0) is 12.1 Å². The van der Waals surface area contributed by atoms with E-state index in [0.717, 1.165) is 18.2 Å². The van der Waals surface area contributed by atoms with Crippen LogP contribution in [-0.2, 0) is 0 Å². The van der Waals surface area contributed by atoms with Gasteiger partial charge in [0.2, 0.25) is 5.82 Å². The zero-order valence-corrected chi connectivity index (χ0v) is 9.52. The summed E-state index contributed by atoms with van der Waals surface area (Å²) in [5.41, 5.74) is -1.56. The number of aliphatic hydroxyl groups is 1. The molecule has 9 heteroatoms. The van der Waals surface area contributed by atoms with Crippen molar-refractivity contribution in [2.75, 3.05) is 24.6 Å². The smallest absolute Gasteiger partial charge is 0.395 e. The molecule has 0 spiro atoms. The van der Waals surface area contributed by atoms with Crippen LogP contribution >= 0.6 is 0 Å². The number of nitro groups is 1. The molecule has 0 aliphatic heterocycles. The van der Waals surface area contributed by atoms with E-state index in [-0.39, 0.29) is 0 Å². The Morgan fingerprint density at radius 1 is 1.37 bits per heavy atom. The topological polar surface area (TPSA) is 66.6 Å². The summed E-state index contributed by atoms with van der Waals surface area (Å²) in [6, 6.07) is 2.85. The third kappa shape index (κ3) is 4.05. The fourth-order valence-electron chi connectivity index (χ4n) is 1.56. The van der Waals surface area contributed by atoms with Gasteiger partial charge in [0.15, 0.2) is 0 Å². The maximum atomic E-state index is 13.3. The van der Waals surface area contributed by atoms with Crippen molar-refractivity contribution in [3.8, 4) is 0 Å². The molecule has 1 aromatic rings. The van der Waals surface area contributed by atoms with Crippen LogP contribution in [0.25, 0.3) is 0 Å². The minimum Gasteiger partial charge on any atom is -0.395 e. The standard InChI is InChI=1S/C10H10F4N2O3/c11-7-2-1-3-8(9(7)16(18)19)15(4-5-17)6-10(12,13)14/h1-3,17H,4-6H2. The normalized spacial score (nSPS) is 11.4. The number of halogens is 4. The van der Waals surface area contributed by atoms with Crippen LogP contribution in [0.3, 0.4) is 0 Å². The van der Waals surface area contributed by atoms with Crippen LogP contribution in [0.2, 0.25) is 0 Å². The van der Waals surface area contributed by atoms with Gasteiger partial charge in [0.05, 0.1) is 11.5 Å². The predicted octanol–water partition coefficient (Wildman–Crippen LogP) is 2.09. The summed E-state index contributed by atoms with van der Waals surface area (Å²) in [4.78, 5) is 10.1. The molecule has 0 saturated carbocycles. The van der Waals surface area contributed by atoms with Crippen LogP contribution in [0.5, 0.6) is 0 Å². The number of alkyl halides is 3. The van der Waals surface area contributed by atoms with Gasteiger partial charge in [-0.2, -0.15) is 17.6 Å². The van der Waals surface area contributed by atoms with E-state index in [4.69, 9.17) is 5.11 Å². The first-order valence-electron chi connectivity index (χ1n) is 5.11. The van der Waals surface area contributed by atoms with Crippen molar-refractivity contribution in [2.45, 2.75) is 6.18 Å². The molecule has 1 rings (SSSR count). The van der Waals surface area contributed by atoms with E-state index < -0.39 is 48.0 Å². The van der Waals surface area contributed by atoms with Gasteiger partial charge in [-0.3, -0.25) is 10.1 Å². The number of anilines is 1. The number of nitro benzene ring substituents is 1. The molecule has 0 radical (unpaired) electrons. The van der Waals surface area contributed by atoms with Crippen molar-refractivity contribution in [1.29, 1.82) is 0 Å². The molecule has 0 bridgehead atoms. The summed E-state index contributed by atoms with van der Waals surface area (Å²) in [5, 5.41) is 19.4. The quantitative estimate of drug-likeness (QED) is 0.510. The first-order valence-corrected chi connectivity index (χ1v) is 5.11. The van der Waals surface area contributed by atoms with Crippen molar-refractivity contribution < 1.29 is 27.6 Å². The predicted molar refractivity (Wildman–Crippen MR) is 58.4 cm³/mol. The van der Waals surface area contributed by atoms with Gasteiger partial charge in [0, 0.05) is 6.54 Å². The first kappa shape index (κ1) is 15.2. The minimum absolute atomic E-state index is 0.496. The fraction of sp³-hybridized carbons (Fsp3) is 0.400. The number of para-hydroxylation sites is 1. The molecule has 0 fully saturated rings. The van der Waals surface area contributed by atoms with Gasteiger partial charge in [-0.25, -0.2) is 0 Å². The average molecular weight is 282 g/mol. The van der Waals surface area contributed by atoms with Crippen molar-refractivity contribution in [3.05, 3.63) is 34.1 Å². The van der Waals surface area contributed by atoms with Gasteiger partial charge < -0.3 is 10.0 Å². The Bertz CT molecular complexity index is 465. The Hall–Kier alpha value is -1.90. The summed E-state index contributed by atoms with van der Waals surface area (Å²) in [6.07, 6.45) is -4.63. The van der Waals surface area contributed by atoms with Gasteiger partial charge in [-0.15, -0.1) is 0 Å². The Balaban J connectivity index is 3.22. The third-order valence-electron chi connectivity index (χ3n) is 2.23. The Kier molecular flexibility index (Phi) is 4.65. The highest BCUT2D eigenvalue weighted by Crippen LogP contribution is 2.32. The lowest BCUT2D eigenvalue weighted by Gasteiger charge is -2.24. The lowest BCUT2D eigenvalue weighted by Crippen LogP contribution is -2.36. The fourth-order valence-corrected chi connectivity index (χ4v) is 1.56. The molecular weight excluding hydrogens is 272 g/mol. The molecule has 1 aromatic carbocycles. The maximum absolute atomic E-state index is 13.3. The molecule has 0 unspecified atom stereocenters. The molecule has 0 amide bonds. The lowest BCUT2D eigenvalue weighted by molar-refractivity contribution is -0.386. The largest absolute Gasteiger partial charge is 0.405 e. The highest BCUT2D eigenvalue weighted by atomic mass is 19.4. The van der Waals surface area contributed by atoms with Crippen LogP contribution in [0.4, 0.5) is 28.9 Å². The van der Waals surface area contributed by atoms with Crippen molar-refractivity contribution >= 4 is 11.4 Å². The lowest BCUT2D eigenvalue weighted by atomic mass is 10.2. The Morgan fingerprint density at radius 3 is 2.47 bits per heavy atom. The SMILES string of the molecule is O=[N+]([O-])c1c(F)cccc1N(CCO)CC(F)(F)F.